The normalized spacial score (nSPS) is 18.2. The lowest BCUT2D eigenvalue weighted by molar-refractivity contribution is -0.139. The van der Waals surface area contributed by atoms with Crippen molar-refractivity contribution in [1.29, 1.82) is 0 Å². The van der Waals surface area contributed by atoms with Gasteiger partial charge >= 0.3 is 0 Å². The first-order valence-electron chi connectivity index (χ1n) is 8.94. The molecular weight excluding hydrogens is 334 g/mol. The highest BCUT2D eigenvalue weighted by Crippen LogP contribution is 2.32. The number of benzene rings is 1. The minimum absolute atomic E-state index is 0.0837. The zero-order valence-corrected chi connectivity index (χ0v) is 15.6. The van der Waals surface area contributed by atoms with Crippen LogP contribution in [0, 0.1) is 0 Å². The van der Waals surface area contributed by atoms with Gasteiger partial charge in [-0.3, -0.25) is 4.79 Å². The number of carbonyl (C=O) groups excluding carboxylic acids is 1. The van der Waals surface area contributed by atoms with Crippen molar-refractivity contribution in [3.63, 3.8) is 0 Å². The second kappa shape index (κ2) is 7.76. The average molecular weight is 359 g/mol. The lowest BCUT2D eigenvalue weighted by Gasteiger charge is -2.25. The first-order valence-corrected chi connectivity index (χ1v) is 8.94. The summed E-state index contributed by atoms with van der Waals surface area (Å²) in [5.41, 5.74) is 0. The zero-order valence-electron chi connectivity index (χ0n) is 15.6. The Bertz CT molecular complexity index is 759. The maximum absolute atomic E-state index is 12.9. The molecule has 26 heavy (non-hydrogen) atoms. The molecule has 1 fully saturated rings. The minimum Gasteiger partial charge on any atom is -0.497 e. The minimum atomic E-state index is -0.616. The van der Waals surface area contributed by atoms with Gasteiger partial charge in [0.1, 0.15) is 17.5 Å². The Kier molecular flexibility index (Phi) is 5.44. The van der Waals surface area contributed by atoms with E-state index in [2.05, 4.69) is 10.1 Å². The van der Waals surface area contributed by atoms with Crippen molar-refractivity contribution in [2.75, 3.05) is 13.7 Å². The Hall–Kier alpha value is -2.57. The molecule has 7 heteroatoms. The molecule has 3 rings (SSSR count). The molecule has 7 nitrogen and oxygen atoms in total. The molecular formula is C19H25N3O4. The topological polar surface area (TPSA) is 77.7 Å². The highest BCUT2D eigenvalue weighted by atomic mass is 16.5. The third-order valence-corrected chi connectivity index (χ3v) is 4.50. The van der Waals surface area contributed by atoms with Gasteiger partial charge in [-0.15, -0.1) is 0 Å². The van der Waals surface area contributed by atoms with E-state index in [1.807, 2.05) is 26.0 Å². The molecule has 0 bridgehead atoms. The summed E-state index contributed by atoms with van der Waals surface area (Å²) in [4.78, 5) is 19.1. The highest BCUT2D eigenvalue weighted by Gasteiger charge is 2.36. The third kappa shape index (κ3) is 3.81. The SMILES string of the molecule is COc1cccc(O[C@H](C)C(=O)N2CCC[C@H]2c2nc(C(C)C)no2)c1. The van der Waals surface area contributed by atoms with Crippen molar-refractivity contribution < 1.29 is 18.8 Å². The van der Waals surface area contributed by atoms with Crippen LogP contribution in [0.1, 0.15) is 57.3 Å². The van der Waals surface area contributed by atoms with Gasteiger partial charge in [-0.1, -0.05) is 25.1 Å². The Balaban J connectivity index is 1.70. The van der Waals surface area contributed by atoms with Crippen molar-refractivity contribution in [2.24, 2.45) is 0 Å². The summed E-state index contributed by atoms with van der Waals surface area (Å²) in [6.07, 6.45) is 1.11. The summed E-state index contributed by atoms with van der Waals surface area (Å²) in [6.45, 7) is 6.44. The van der Waals surface area contributed by atoms with E-state index in [-0.39, 0.29) is 17.9 Å². The number of nitrogens with zero attached hydrogens (tertiary/aromatic N) is 3. The van der Waals surface area contributed by atoms with E-state index in [1.165, 1.54) is 0 Å². The largest absolute Gasteiger partial charge is 0.497 e. The van der Waals surface area contributed by atoms with E-state index in [0.29, 0.717) is 29.8 Å². The predicted molar refractivity (Wildman–Crippen MR) is 95.2 cm³/mol. The van der Waals surface area contributed by atoms with Gasteiger partial charge in [0.25, 0.3) is 5.91 Å². The van der Waals surface area contributed by atoms with Crippen LogP contribution in [0.25, 0.3) is 0 Å². The van der Waals surface area contributed by atoms with E-state index in [1.54, 1.807) is 31.1 Å². The van der Waals surface area contributed by atoms with Gasteiger partial charge in [-0.2, -0.15) is 4.98 Å². The average Bonchev–Trinajstić information content (AvgIpc) is 3.30. The predicted octanol–water partition coefficient (Wildman–Crippen LogP) is 3.33. The van der Waals surface area contributed by atoms with Gasteiger partial charge in [0, 0.05) is 18.5 Å². The second-order valence-electron chi connectivity index (χ2n) is 6.77. The summed E-state index contributed by atoms with van der Waals surface area (Å²) in [5.74, 6) is 2.57. The van der Waals surface area contributed by atoms with Crippen LogP contribution in [0.15, 0.2) is 28.8 Å². The first-order chi connectivity index (χ1) is 12.5. The molecule has 1 aromatic carbocycles. The number of ether oxygens (including phenoxy) is 2. The number of carbonyl (C=O) groups is 1. The summed E-state index contributed by atoms with van der Waals surface area (Å²) in [6, 6.07) is 7.05. The molecule has 1 saturated heterocycles. The first kappa shape index (κ1) is 18.2. The second-order valence-corrected chi connectivity index (χ2v) is 6.77. The zero-order chi connectivity index (χ0) is 18.7. The van der Waals surface area contributed by atoms with Crippen LogP contribution < -0.4 is 9.47 Å². The standard InChI is InChI=1S/C19H25N3O4/c1-12(2)17-20-18(26-21-17)16-9-6-10-22(16)19(23)13(3)25-15-8-5-7-14(11-15)24-4/h5,7-8,11-13,16H,6,9-10H2,1-4H3/t13-,16+/m1/s1. The summed E-state index contributed by atoms with van der Waals surface area (Å²) >= 11 is 0. The lowest BCUT2D eigenvalue weighted by atomic mass is 10.2. The molecule has 2 atom stereocenters. The van der Waals surface area contributed by atoms with Gasteiger partial charge in [-0.05, 0) is 31.9 Å². The fourth-order valence-corrected chi connectivity index (χ4v) is 3.07. The molecule has 0 N–H and O–H groups in total. The maximum atomic E-state index is 12.9. The number of likely N-dealkylation sites (tertiary alicyclic amines) is 1. The van der Waals surface area contributed by atoms with E-state index in [4.69, 9.17) is 14.0 Å². The van der Waals surface area contributed by atoms with Gasteiger partial charge < -0.3 is 18.9 Å². The Morgan fingerprint density at radius 3 is 2.77 bits per heavy atom. The van der Waals surface area contributed by atoms with E-state index in [0.717, 1.165) is 12.8 Å². The van der Waals surface area contributed by atoms with E-state index in [9.17, 15) is 4.79 Å². The molecule has 2 aromatic rings. The quantitative estimate of drug-likeness (QED) is 0.787. The van der Waals surface area contributed by atoms with Crippen LogP contribution in [0.5, 0.6) is 11.5 Å². The van der Waals surface area contributed by atoms with Crippen molar-refractivity contribution in [3.05, 3.63) is 36.0 Å². The van der Waals surface area contributed by atoms with Gasteiger partial charge in [0.05, 0.1) is 7.11 Å². The van der Waals surface area contributed by atoms with E-state index < -0.39 is 6.10 Å². The Morgan fingerprint density at radius 1 is 1.31 bits per heavy atom. The van der Waals surface area contributed by atoms with Crippen LogP contribution in [0.2, 0.25) is 0 Å². The fraction of sp³-hybridized carbons (Fsp3) is 0.526. The van der Waals surface area contributed by atoms with Crippen molar-refractivity contribution in [2.45, 2.75) is 51.7 Å². The van der Waals surface area contributed by atoms with Gasteiger partial charge in [-0.25, -0.2) is 0 Å². The Labute approximate surface area is 153 Å². The molecule has 2 heterocycles. The molecule has 140 valence electrons. The summed E-state index contributed by atoms with van der Waals surface area (Å²) < 4.78 is 16.4. The number of methoxy groups -OCH3 is 1. The molecule has 0 unspecified atom stereocenters. The van der Waals surface area contributed by atoms with Crippen LogP contribution in [-0.4, -0.2) is 40.7 Å². The lowest BCUT2D eigenvalue weighted by Crippen LogP contribution is -2.40. The number of rotatable bonds is 6. The molecule has 1 aromatic heterocycles. The van der Waals surface area contributed by atoms with Gasteiger partial charge in [0.2, 0.25) is 5.89 Å². The van der Waals surface area contributed by atoms with Crippen LogP contribution in [0.3, 0.4) is 0 Å². The number of hydrogen-bond acceptors (Lipinski definition) is 6. The highest BCUT2D eigenvalue weighted by molar-refractivity contribution is 5.81. The van der Waals surface area contributed by atoms with Crippen LogP contribution >= 0.6 is 0 Å². The Morgan fingerprint density at radius 2 is 2.08 bits per heavy atom. The molecule has 1 aliphatic rings. The molecule has 0 aliphatic carbocycles. The number of hydrogen-bond donors (Lipinski definition) is 0. The maximum Gasteiger partial charge on any atom is 0.264 e. The van der Waals surface area contributed by atoms with Gasteiger partial charge in [0.15, 0.2) is 11.9 Å². The monoisotopic (exact) mass is 359 g/mol. The molecule has 1 amide bonds. The summed E-state index contributed by atoms with van der Waals surface area (Å²) in [5, 5.41) is 4.02. The molecule has 0 spiro atoms. The van der Waals surface area contributed by atoms with Crippen molar-refractivity contribution >= 4 is 5.91 Å². The van der Waals surface area contributed by atoms with Crippen LogP contribution in [0.4, 0.5) is 0 Å². The molecule has 1 aliphatic heterocycles. The molecule has 0 radical (unpaired) electrons. The fourth-order valence-electron chi connectivity index (χ4n) is 3.07. The van der Waals surface area contributed by atoms with Crippen LogP contribution in [-0.2, 0) is 4.79 Å². The van der Waals surface area contributed by atoms with Crippen molar-refractivity contribution in [1.82, 2.24) is 15.0 Å². The number of aromatic nitrogens is 2. The number of amides is 1. The summed E-state index contributed by atoms with van der Waals surface area (Å²) in [7, 11) is 1.60. The van der Waals surface area contributed by atoms with E-state index >= 15 is 0 Å². The molecule has 0 saturated carbocycles. The third-order valence-electron chi connectivity index (χ3n) is 4.50. The van der Waals surface area contributed by atoms with Crippen molar-refractivity contribution in [3.8, 4) is 11.5 Å². The smallest absolute Gasteiger partial charge is 0.264 e.